The van der Waals surface area contributed by atoms with Gasteiger partial charge < -0.3 is 10.5 Å². The van der Waals surface area contributed by atoms with E-state index in [0.29, 0.717) is 6.10 Å². The maximum atomic E-state index is 6.38. The van der Waals surface area contributed by atoms with E-state index in [0.717, 1.165) is 29.8 Å². The third-order valence-corrected chi connectivity index (χ3v) is 4.41. The lowest BCUT2D eigenvalue weighted by Gasteiger charge is -2.28. The standard InChI is InChI=1S/C17H26ClNO/c1-2-16(19)17(13-8-7-9-14(18)12-13)20-15-10-5-3-4-6-11-15/h7-9,12,15-17H,2-6,10-11,19H2,1H3. The Morgan fingerprint density at radius 2 is 1.95 bits per heavy atom. The SMILES string of the molecule is CCC(N)C(OC1CCCCCC1)c1cccc(Cl)c1. The van der Waals surface area contributed by atoms with Crippen molar-refractivity contribution in [1.29, 1.82) is 0 Å². The first kappa shape index (κ1) is 15.8. The summed E-state index contributed by atoms with van der Waals surface area (Å²) in [6.45, 7) is 2.11. The van der Waals surface area contributed by atoms with E-state index in [1.165, 1.54) is 25.7 Å². The highest BCUT2D eigenvalue weighted by molar-refractivity contribution is 6.30. The van der Waals surface area contributed by atoms with Gasteiger partial charge >= 0.3 is 0 Å². The second-order valence-corrected chi connectivity index (χ2v) is 6.23. The van der Waals surface area contributed by atoms with Crippen LogP contribution >= 0.6 is 11.6 Å². The van der Waals surface area contributed by atoms with Crippen molar-refractivity contribution in [3.05, 3.63) is 34.9 Å². The molecule has 1 fully saturated rings. The zero-order valence-electron chi connectivity index (χ0n) is 12.4. The summed E-state index contributed by atoms with van der Waals surface area (Å²) in [6, 6.07) is 7.95. The molecule has 20 heavy (non-hydrogen) atoms. The molecular formula is C17H26ClNO. The molecule has 0 amide bonds. The normalized spacial score (nSPS) is 20.4. The van der Waals surface area contributed by atoms with Crippen LogP contribution in [-0.4, -0.2) is 12.1 Å². The van der Waals surface area contributed by atoms with Crippen LogP contribution in [0.5, 0.6) is 0 Å². The van der Waals surface area contributed by atoms with Crippen LogP contribution in [0.25, 0.3) is 0 Å². The fourth-order valence-corrected chi connectivity index (χ4v) is 3.11. The third kappa shape index (κ3) is 4.47. The second kappa shape index (κ2) is 8.02. The van der Waals surface area contributed by atoms with Crippen molar-refractivity contribution in [3.63, 3.8) is 0 Å². The van der Waals surface area contributed by atoms with Crippen LogP contribution in [0.1, 0.15) is 63.5 Å². The van der Waals surface area contributed by atoms with Crippen LogP contribution in [0.4, 0.5) is 0 Å². The van der Waals surface area contributed by atoms with Crippen molar-refractivity contribution in [2.24, 2.45) is 5.73 Å². The molecule has 1 aromatic carbocycles. The van der Waals surface area contributed by atoms with Gasteiger partial charge in [-0.15, -0.1) is 0 Å². The zero-order chi connectivity index (χ0) is 14.4. The van der Waals surface area contributed by atoms with Gasteiger partial charge in [-0.25, -0.2) is 0 Å². The van der Waals surface area contributed by atoms with E-state index in [2.05, 4.69) is 13.0 Å². The molecule has 0 aromatic heterocycles. The second-order valence-electron chi connectivity index (χ2n) is 5.80. The van der Waals surface area contributed by atoms with E-state index in [1.807, 2.05) is 18.2 Å². The van der Waals surface area contributed by atoms with Gasteiger partial charge in [-0.1, -0.05) is 56.3 Å². The molecule has 0 bridgehead atoms. The van der Waals surface area contributed by atoms with Crippen LogP contribution < -0.4 is 5.73 Å². The largest absolute Gasteiger partial charge is 0.369 e. The Morgan fingerprint density at radius 3 is 2.55 bits per heavy atom. The molecule has 1 aromatic rings. The lowest BCUT2D eigenvalue weighted by molar-refractivity contribution is -0.0341. The molecule has 0 saturated heterocycles. The fourth-order valence-electron chi connectivity index (χ4n) is 2.91. The number of hydrogen-bond donors (Lipinski definition) is 1. The van der Waals surface area contributed by atoms with Gasteiger partial charge in [0, 0.05) is 11.1 Å². The summed E-state index contributed by atoms with van der Waals surface area (Å²) in [5.74, 6) is 0. The monoisotopic (exact) mass is 295 g/mol. The van der Waals surface area contributed by atoms with Gasteiger partial charge in [0.25, 0.3) is 0 Å². The Morgan fingerprint density at radius 1 is 1.25 bits per heavy atom. The van der Waals surface area contributed by atoms with Crippen molar-refractivity contribution < 1.29 is 4.74 Å². The number of hydrogen-bond acceptors (Lipinski definition) is 2. The van der Waals surface area contributed by atoms with Crippen molar-refractivity contribution in [2.75, 3.05) is 0 Å². The lowest BCUT2D eigenvalue weighted by atomic mass is 10.00. The van der Waals surface area contributed by atoms with Gasteiger partial charge in [0.1, 0.15) is 0 Å². The molecule has 2 rings (SSSR count). The quantitative estimate of drug-likeness (QED) is 0.788. The van der Waals surface area contributed by atoms with Crippen LogP contribution in [0.3, 0.4) is 0 Å². The van der Waals surface area contributed by atoms with Crippen molar-refractivity contribution in [1.82, 2.24) is 0 Å². The molecule has 2 N–H and O–H groups in total. The summed E-state index contributed by atoms with van der Waals surface area (Å²) in [7, 11) is 0. The number of halogens is 1. The molecule has 112 valence electrons. The summed E-state index contributed by atoms with van der Waals surface area (Å²) in [5, 5.41) is 0.750. The first-order valence-electron chi connectivity index (χ1n) is 7.87. The molecule has 1 aliphatic carbocycles. The maximum Gasteiger partial charge on any atom is 0.0979 e. The number of benzene rings is 1. The molecule has 0 aliphatic heterocycles. The number of ether oxygens (including phenoxy) is 1. The minimum Gasteiger partial charge on any atom is -0.369 e. The van der Waals surface area contributed by atoms with Crippen molar-refractivity contribution in [2.45, 2.75) is 70.1 Å². The van der Waals surface area contributed by atoms with E-state index in [-0.39, 0.29) is 12.1 Å². The zero-order valence-corrected chi connectivity index (χ0v) is 13.1. The van der Waals surface area contributed by atoms with Gasteiger partial charge in [-0.3, -0.25) is 0 Å². The van der Waals surface area contributed by atoms with Gasteiger partial charge in [-0.2, -0.15) is 0 Å². The average Bonchev–Trinajstić information content (AvgIpc) is 2.72. The smallest absolute Gasteiger partial charge is 0.0979 e. The van der Waals surface area contributed by atoms with E-state index in [4.69, 9.17) is 22.1 Å². The summed E-state index contributed by atoms with van der Waals surface area (Å²) in [5.41, 5.74) is 7.39. The van der Waals surface area contributed by atoms with Gasteiger partial charge in [-0.05, 0) is 37.0 Å². The highest BCUT2D eigenvalue weighted by Gasteiger charge is 2.24. The van der Waals surface area contributed by atoms with Crippen LogP contribution in [-0.2, 0) is 4.74 Å². The Labute approximate surface area is 127 Å². The molecule has 0 radical (unpaired) electrons. The van der Waals surface area contributed by atoms with E-state index in [9.17, 15) is 0 Å². The van der Waals surface area contributed by atoms with Crippen molar-refractivity contribution >= 4 is 11.6 Å². The molecular weight excluding hydrogens is 270 g/mol. The molecule has 3 heteroatoms. The predicted molar refractivity (Wildman–Crippen MR) is 85.0 cm³/mol. The summed E-state index contributed by atoms with van der Waals surface area (Å²) >= 11 is 6.11. The Hall–Kier alpha value is -0.570. The maximum absolute atomic E-state index is 6.38. The topological polar surface area (TPSA) is 35.2 Å². The summed E-state index contributed by atoms with van der Waals surface area (Å²) in [6.07, 6.45) is 8.75. The van der Waals surface area contributed by atoms with E-state index < -0.39 is 0 Å². The Kier molecular flexibility index (Phi) is 6.34. The third-order valence-electron chi connectivity index (χ3n) is 4.18. The van der Waals surface area contributed by atoms with Gasteiger partial charge in [0.15, 0.2) is 0 Å². The first-order valence-corrected chi connectivity index (χ1v) is 8.25. The predicted octanol–water partition coefficient (Wildman–Crippen LogP) is 4.86. The van der Waals surface area contributed by atoms with E-state index >= 15 is 0 Å². The number of nitrogens with two attached hydrogens (primary N) is 1. The average molecular weight is 296 g/mol. The highest BCUT2D eigenvalue weighted by atomic mass is 35.5. The highest BCUT2D eigenvalue weighted by Crippen LogP contribution is 2.30. The molecule has 1 aliphatic rings. The minimum atomic E-state index is -0.0400. The lowest BCUT2D eigenvalue weighted by Crippen LogP contribution is -2.32. The molecule has 0 heterocycles. The Bertz CT molecular complexity index is 402. The van der Waals surface area contributed by atoms with Crippen molar-refractivity contribution in [3.8, 4) is 0 Å². The molecule has 2 nitrogen and oxygen atoms in total. The van der Waals surface area contributed by atoms with Gasteiger partial charge in [0.05, 0.1) is 12.2 Å². The molecule has 1 saturated carbocycles. The van der Waals surface area contributed by atoms with Crippen LogP contribution in [0.15, 0.2) is 24.3 Å². The summed E-state index contributed by atoms with van der Waals surface area (Å²) in [4.78, 5) is 0. The minimum absolute atomic E-state index is 0.0247. The van der Waals surface area contributed by atoms with Gasteiger partial charge in [0.2, 0.25) is 0 Å². The Balaban J connectivity index is 2.10. The first-order chi connectivity index (χ1) is 9.70. The van der Waals surface area contributed by atoms with Crippen LogP contribution in [0.2, 0.25) is 5.02 Å². The fraction of sp³-hybridized carbons (Fsp3) is 0.647. The van der Waals surface area contributed by atoms with Crippen LogP contribution in [0, 0.1) is 0 Å². The molecule has 2 atom stereocenters. The molecule has 0 spiro atoms. The van der Waals surface area contributed by atoms with E-state index in [1.54, 1.807) is 0 Å². The molecule has 2 unspecified atom stereocenters. The summed E-state index contributed by atoms with van der Waals surface area (Å²) < 4.78 is 6.38. The number of rotatable bonds is 5.